The Balaban J connectivity index is 2.12. The summed E-state index contributed by atoms with van der Waals surface area (Å²) >= 11 is 3.61. The van der Waals surface area contributed by atoms with Crippen molar-refractivity contribution in [3.05, 3.63) is 0 Å². The minimum atomic E-state index is -0.246. The van der Waals surface area contributed by atoms with Gasteiger partial charge >= 0.3 is 5.97 Å². The second kappa shape index (κ2) is 8.09. The van der Waals surface area contributed by atoms with Crippen molar-refractivity contribution < 1.29 is 14.6 Å². The lowest BCUT2D eigenvalue weighted by molar-refractivity contribution is -0.143. The van der Waals surface area contributed by atoms with Gasteiger partial charge in [-0.1, -0.05) is 15.9 Å². The lowest BCUT2D eigenvalue weighted by atomic mass is 9.83. The van der Waals surface area contributed by atoms with Crippen molar-refractivity contribution >= 4 is 21.9 Å². The molecule has 0 aromatic rings. The molecule has 0 aromatic carbocycles. The number of aliphatic hydroxyl groups is 1. The van der Waals surface area contributed by atoms with E-state index >= 15 is 0 Å². The zero-order valence-electron chi connectivity index (χ0n) is 10.5. The van der Waals surface area contributed by atoms with Gasteiger partial charge in [-0.3, -0.25) is 4.79 Å². The fourth-order valence-corrected chi connectivity index (χ4v) is 2.92. The van der Waals surface area contributed by atoms with Crippen LogP contribution >= 0.6 is 15.9 Å². The lowest BCUT2D eigenvalue weighted by Gasteiger charge is -2.29. The maximum absolute atomic E-state index is 11.1. The molecule has 100 valence electrons. The molecule has 0 unspecified atom stereocenters. The second-order valence-electron chi connectivity index (χ2n) is 4.78. The average Bonchev–Trinajstić information content (AvgIpc) is 2.30. The highest BCUT2D eigenvalue weighted by Gasteiger charge is 2.24. The van der Waals surface area contributed by atoms with E-state index in [0.717, 1.165) is 38.5 Å². The van der Waals surface area contributed by atoms with Gasteiger partial charge in [-0.25, -0.2) is 0 Å². The van der Waals surface area contributed by atoms with Crippen molar-refractivity contribution in [2.24, 2.45) is 5.92 Å². The van der Waals surface area contributed by atoms with Gasteiger partial charge in [0, 0.05) is 11.2 Å². The summed E-state index contributed by atoms with van der Waals surface area (Å²) in [7, 11) is 0. The molecule has 0 bridgehead atoms. The zero-order chi connectivity index (χ0) is 12.7. The highest BCUT2D eigenvalue weighted by molar-refractivity contribution is 9.09. The molecule has 0 aliphatic heterocycles. The van der Waals surface area contributed by atoms with Crippen LogP contribution in [0.4, 0.5) is 0 Å². The number of halogens is 1. The van der Waals surface area contributed by atoms with Crippen LogP contribution in [-0.4, -0.2) is 28.6 Å². The van der Waals surface area contributed by atoms with Gasteiger partial charge in [0.05, 0.1) is 12.7 Å². The molecule has 0 saturated heterocycles. The van der Waals surface area contributed by atoms with Gasteiger partial charge < -0.3 is 9.84 Å². The average molecular weight is 307 g/mol. The topological polar surface area (TPSA) is 46.5 Å². The molecule has 0 spiro atoms. The van der Waals surface area contributed by atoms with Crippen LogP contribution in [-0.2, 0) is 9.53 Å². The Hall–Kier alpha value is -0.0900. The Bertz CT molecular complexity index is 225. The van der Waals surface area contributed by atoms with Crippen LogP contribution in [0.2, 0.25) is 0 Å². The monoisotopic (exact) mass is 306 g/mol. The number of hydrogen-bond donors (Lipinski definition) is 1. The summed E-state index contributed by atoms with van der Waals surface area (Å²) in [6.45, 7) is 2.25. The number of carbonyl (C=O) groups is 1. The van der Waals surface area contributed by atoms with Gasteiger partial charge in [0.1, 0.15) is 0 Å². The Morgan fingerprint density at radius 2 is 2.06 bits per heavy atom. The fourth-order valence-electron chi connectivity index (χ4n) is 2.39. The van der Waals surface area contributed by atoms with Crippen molar-refractivity contribution in [1.29, 1.82) is 0 Å². The van der Waals surface area contributed by atoms with Gasteiger partial charge in [-0.15, -0.1) is 0 Å². The van der Waals surface area contributed by atoms with Crippen LogP contribution in [0.25, 0.3) is 0 Å². The van der Waals surface area contributed by atoms with E-state index < -0.39 is 0 Å². The normalized spacial score (nSPS) is 26.5. The Morgan fingerprint density at radius 1 is 1.41 bits per heavy atom. The maximum atomic E-state index is 11.1. The number of alkyl halides is 1. The van der Waals surface area contributed by atoms with Gasteiger partial charge in [0.25, 0.3) is 0 Å². The first-order valence-corrected chi connectivity index (χ1v) is 7.52. The predicted molar refractivity (Wildman–Crippen MR) is 71.2 cm³/mol. The third-order valence-corrected chi connectivity index (χ3v) is 4.35. The minimum Gasteiger partial charge on any atom is -0.466 e. The van der Waals surface area contributed by atoms with Crippen molar-refractivity contribution in [2.75, 3.05) is 6.61 Å². The van der Waals surface area contributed by atoms with Crippen LogP contribution in [0.5, 0.6) is 0 Å². The predicted octanol–water partition coefficient (Wildman–Crippen LogP) is 3.03. The zero-order valence-corrected chi connectivity index (χ0v) is 12.1. The van der Waals surface area contributed by atoms with E-state index in [2.05, 4.69) is 15.9 Å². The Morgan fingerprint density at radius 3 is 2.65 bits per heavy atom. The molecule has 1 fully saturated rings. The smallest absolute Gasteiger partial charge is 0.305 e. The third-order valence-electron chi connectivity index (χ3n) is 3.43. The van der Waals surface area contributed by atoms with E-state index in [4.69, 9.17) is 4.74 Å². The number of esters is 1. The fraction of sp³-hybridized carbons (Fsp3) is 0.923. The van der Waals surface area contributed by atoms with E-state index in [9.17, 15) is 9.90 Å². The molecular weight excluding hydrogens is 284 g/mol. The number of ether oxygens (including phenoxy) is 1. The van der Waals surface area contributed by atoms with Crippen LogP contribution in [0, 0.1) is 5.92 Å². The lowest BCUT2D eigenvalue weighted by Crippen LogP contribution is -2.26. The first-order chi connectivity index (χ1) is 8.13. The van der Waals surface area contributed by atoms with Crippen molar-refractivity contribution in [1.82, 2.24) is 0 Å². The highest BCUT2D eigenvalue weighted by atomic mass is 79.9. The van der Waals surface area contributed by atoms with Gasteiger partial charge in [0.2, 0.25) is 0 Å². The summed E-state index contributed by atoms with van der Waals surface area (Å²) in [6.07, 6.45) is 6.12. The third kappa shape index (κ3) is 5.87. The number of hydrogen-bond acceptors (Lipinski definition) is 3. The van der Waals surface area contributed by atoms with E-state index in [1.165, 1.54) is 0 Å². The summed E-state index contributed by atoms with van der Waals surface area (Å²) in [4.78, 5) is 11.8. The molecule has 0 heterocycles. The van der Waals surface area contributed by atoms with Crippen molar-refractivity contribution in [3.63, 3.8) is 0 Å². The number of rotatable bonds is 6. The standard InChI is InChI=1S/C13H23BrO3/c1-2-17-13(16)5-3-4-12(15)10-6-8-11(14)9-7-10/h10-12,15H,2-9H2,1H3/t10?,11?,12-/m1/s1. The molecule has 1 saturated carbocycles. The molecule has 3 nitrogen and oxygen atoms in total. The molecule has 4 heteroatoms. The van der Waals surface area contributed by atoms with Gasteiger partial charge in [-0.2, -0.15) is 0 Å². The molecule has 0 radical (unpaired) electrons. The minimum absolute atomic E-state index is 0.149. The molecule has 17 heavy (non-hydrogen) atoms. The SMILES string of the molecule is CCOC(=O)CCC[C@@H](O)C1CCC(Br)CC1. The molecule has 1 aliphatic rings. The molecule has 1 aliphatic carbocycles. The summed E-state index contributed by atoms with van der Waals surface area (Å²) in [5.74, 6) is 0.273. The largest absolute Gasteiger partial charge is 0.466 e. The van der Waals surface area contributed by atoms with E-state index in [-0.39, 0.29) is 12.1 Å². The quantitative estimate of drug-likeness (QED) is 0.606. The van der Waals surface area contributed by atoms with Crippen LogP contribution in [0.15, 0.2) is 0 Å². The van der Waals surface area contributed by atoms with E-state index in [1.807, 2.05) is 6.92 Å². The van der Waals surface area contributed by atoms with E-state index in [0.29, 0.717) is 23.8 Å². The molecule has 0 amide bonds. The highest BCUT2D eigenvalue weighted by Crippen LogP contribution is 2.32. The Kier molecular flexibility index (Phi) is 7.12. The number of aliphatic hydroxyl groups excluding tert-OH is 1. The summed E-state index contributed by atoms with van der Waals surface area (Å²) in [5, 5.41) is 10.0. The molecule has 0 aromatic heterocycles. The summed E-state index contributed by atoms with van der Waals surface area (Å²) in [5.41, 5.74) is 0. The van der Waals surface area contributed by atoms with Gasteiger partial charge in [-0.05, 0) is 51.4 Å². The van der Waals surface area contributed by atoms with Crippen molar-refractivity contribution in [3.8, 4) is 0 Å². The first kappa shape index (κ1) is 15.0. The maximum Gasteiger partial charge on any atom is 0.305 e. The molecule has 1 rings (SSSR count). The number of carbonyl (C=O) groups excluding carboxylic acids is 1. The Labute approximate surface area is 112 Å². The summed E-state index contributed by atoms with van der Waals surface area (Å²) in [6, 6.07) is 0. The van der Waals surface area contributed by atoms with Crippen LogP contribution in [0.3, 0.4) is 0 Å². The molecular formula is C13H23BrO3. The van der Waals surface area contributed by atoms with Crippen LogP contribution in [0.1, 0.15) is 51.9 Å². The summed E-state index contributed by atoms with van der Waals surface area (Å²) < 4.78 is 4.86. The molecule has 1 N–H and O–H groups in total. The first-order valence-electron chi connectivity index (χ1n) is 6.61. The second-order valence-corrected chi connectivity index (χ2v) is 6.07. The van der Waals surface area contributed by atoms with E-state index in [1.54, 1.807) is 0 Å². The van der Waals surface area contributed by atoms with Crippen LogP contribution < -0.4 is 0 Å². The molecule has 1 atom stereocenters. The van der Waals surface area contributed by atoms with Crippen molar-refractivity contribution in [2.45, 2.75) is 62.8 Å². The van der Waals surface area contributed by atoms with Gasteiger partial charge in [0.15, 0.2) is 0 Å².